The predicted octanol–water partition coefficient (Wildman–Crippen LogP) is 2.28. The minimum atomic E-state index is -0.566. The van der Waals surface area contributed by atoms with Gasteiger partial charge in [0.25, 0.3) is 11.5 Å². The maximum Gasteiger partial charge on any atom is 0.338 e. The number of likely N-dealkylation sites (tertiary alicyclic amines) is 1. The Bertz CT molecular complexity index is 935. The molecule has 1 unspecified atom stereocenters. The minimum absolute atomic E-state index is 0.137. The SMILES string of the molecule is CCn1c(=O)c(C)nc2cc(C(=O)OCC(=O)N3CCCCC3C)ccc21. The van der Waals surface area contributed by atoms with Crippen LogP contribution in [0.15, 0.2) is 23.0 Å². The lowest BCUT2D eigenvalue weighted by atomic mass is 10.0. The Balaban J connectivity index is 1.75. The molecule has 144 valence electrons. The molecule has 0 spiro atoms. The van der Waals surface area contributed by atoms with Crippen molar-refractivity contribution in [3.05, 3.63) is 39.8 Å². The third-order valence-electron chi connectivity index (χ3n) is 5.11. The number of esters is 1. The van der Waals surface area contributed by atoms with E-state index in [-0.39, 0.29) is 24.1 Å². The van der Waals surface area contributed by atoms with Crippen LogP contribution in [-0.4, -0.2) is 45.5 Å². The molecule has 2 heterocycles. The summed E-state index contributed by atoms with van der Waals surface area (Å²) in [4.78, 5) is 42.9. The van der Waals surface area contributed by atoms with E-state index in [0.717, 1.165) is 19.3 Å². The Morgan fingerprint density at radius 3 is 2.78 bits per heavy atom. The van der Waals surface area contributed by atoms with Gasteiger partial charge >= 0.3 is 5.97 Å². The van der Waals surface area contributed by atoms with E-state index in [1.165, 1.54) is 0 Å². The lowest BCUT2D eigenvalue weighted by Crippen LogP contribution is -2.44. The molecular weight excluding hydrogens is 346 g/mol. The van der Waals surface area contributed by atoms with E-state index in [4.69, 9.17) is 4.74 Å². The number of carbonyl (C=O) groups is 2. The normalized spacial score (nSPS) is 17.1. The van der Waals surface area contributed by atoms with Crippen LogP contribution in [0.4, 0.5) is 0 Å². The monoisotopic (exact) mass is 371 g/mol. The Labute approximate surface area is 157 Å². The highest BCUT2D eigenvalue weighted by Gasteiger charge is 2.24. The summed E-state index contributed by atoms with van der Waals surface area (Å²) in [6, 6.07) is 5.08. The van der Waals surface area contributed by atoms with Gasteiger partial charge in [-0.1, -0.05) is 0 Å². The number of aromatic nitrogens is 2. The van der Waals surface area contributed by atoms with Crippen LogP contribution in [0.5, 0.6) is 0 Å². The summed E-state index contributed by atoms with van der Waals surface area (Å²) < 4.78 is 6.84. The van der Waals surface area contributed by atoms with Gasteiger partial charge in [-0.2, -0.15) is 0 Å². The molecule has 1 amide bonds. The number of aryl methyl sites for hydroxylation is 2. The second-order valence-corrected chi connectivity index (χ2v) is 6.96. The molecule has 0 saturated carbocycles. The van der Waals surface area contributed by atoms with Crippen LogP contribution in [-0.2, 0) is 16.1 Å². The summed E-state index contributed by atoms with van der Waals surface area (Å²) >= 11 is 0. The van der Waals surface area contributed by atoms with Crippen molar-refractivity contribution in [2.24, 2.45) is 0 Å². The van der Waals surface area contributed by atoms with Crippen LogP contribution in [0.25, 0.3) is 11.0 Å². The number of ether oxygens (including phenoxy) is 1. The maximum atomic E-state index is 12.4. The Morgan fingerprint density at radius 2 is 2.07 bits per heavy atom. The van der Waals surface area contributed by atoms with Crippen LogP contribution < -0.4 is 5.56 Å². The molecule has 7 heteroatoms. The smallest absolute Gasteiger partial charge is 0.338 e. The van der Waals surface area contributed by atoms with Crippen molar-refractivity contribution in [3.63, 3.8) is 0 Å². The van der Waals surface area contributed by atoms with Crippen molar-refractivity contribution >= 4 is 22.9 Å². The summed E-state index contributed by atoms with van der Waals surface area (Å²) in [5.41, 5.74) is 1.78. The first kappa shape index (κ1) is 19.1. The van der Waals surface area contributed by atoms with Crippen molar-refractivity contribution in [2.75, 3.05) is 13.2 Å². The molecule has 7 nitrogen and oxygen atoms in total. The van der Waals surface area contributed by atoms with E-state index in [1.54, 1.807) is 34.6 Å². The van der Waals surface area contributed by atoms with Gasteiger partial charge in [-0.25, -0.2) is 9.78 Å². The van der Waals surface area contributed by atoms with Gasteiger partial charge in [0, 0.05) is 19.1 Å². The topological polar surface area (TPSA) is 81.5 Å². The molecule has 1 atom stereocenters. The second kappa shape index (κ2) is 7.90. The third kappa shape index (κ3) is 3.86. The molecule has 1 aliphatic rings. The first-order valence-electron chi connectivity index (χ1n) is 9.40. The largest absolute Gasteiger partial charge is 0.452 e. The highest BCUT2D eigenvalue weighted by atomic mass is 16.5. The lowest BCUT2D eigenvalue weighted by molar-refractivity contribution is -0.137. The maximum absolute atomic E-state index is 12.4. The van der Waals surface area contributed by atoms with E-state index in [9.17, 15) is 14.4 Å². The third-order valence-corrected chi connectivity index (χ3v) is 5.11. The van der Waals surface area contributed by atoms with Gasteiger partial charge in [-0.05, 0) is 58.2 Å². The molecule has 1 saturated heterocycles. The number of piperidine rings is 1. The predicted molar refractivity (Wildman–Crippen MR) is 102 cm³/mol. The van der Waals surface area contributed by atoms with Gasteiger partial charge < -0.3 is 14.2 Å². The summed E-state index contributed by atoms with van der Waals surface area (Å²) in [6.07, 6.45) is 3.09. The Hall–Kier alpha value is -2.70. The van der Waals surface area contributed by atoms with Crippen LogP contribution in [0, 0.1) is 6.92 Å². The van der Waals surface area contributed by atoms with Crippen LogP contribution >= 0.6 is 0 Å². The van der Waals surface area contributed by atoms with Gasteiger partial charge in [0.15, 0.2) is 6.61 Å². The van der Waals surface area contributed by atoms with E-state index < -0.39 is 5.97 Å². The number of amides is 1. The molecule has 1 aliphatic heterocycles. The fourth-order valence-corrected chi connectivity index (χ4v) is 3.58. The molecule has 1 fully saturated rings. The van der Waals surface area contributed by atoms with Crippen LogP contribution in [0.2, 0.25) is 0 Å². The van der Waals surface area contributed by atoms with Gasteiger partial charge in [0.2, 0.25) is 0 Å². The average Bonchev–Trinajstić information content (AvgIpc) is 2.67. The number of benzene rings is 1. The van der Waals surface area contributed by atoms with E-state index >= 15 is 0 Å². The molecule has 0 bridgehead atoms. The summed E-state index contributed by atoms with van der Waals surface area (Å²) in [5, 5.41) is 0. The fourth-order valence-electron chi connectivity index (χ4n) is 3.58. The highest BCUT2D eigenvalue weighted by Crippen LogP contribution is 2.17. The van der Waals surface area contributed by atoms with Gasteiger partial charge in [0.1, 0.15) is 5.69 Å². The zero-order valence-corrected chi connectivity index (χ0v) is 16.0. The van der Waals surface area contributed by atoms with E-state index in [2.05, 4.69) is 4.98 Å². The van der Waals surface area contributed by atoms with Crippen molar-refractivity contribution in [1.29, 1.82) is 0 Å². The summed E-state index contributed by atoms with van der Waals surface area (Å²) in [6.45, 7) is 6.52. The molecule has 1 aromatic heterocycles. The van der Waals surface area contributed by atoms with Crippen molar-refractivity contribution in [3.8, 4) is 0 Å². The van der Waals surface area contributed by atoms with Crippen LogP contribution in [0.1, 0.15) is 49.2 Å². The molecule has 0 radical (unpaired) electrons. The summed E-state index contributed by atoms with van der Waals surface area (Å²) in [5.74, 6) is -0.728. The van der Waals surface area contributed by atoms with Crippen molar-refractivity contribution in [1.82, 2.24) is 14.5 Å². The average molecular weight is 371 g/mol. The van der Waals surface area contributed by atoms with Crippen molar-refractivity contribution < 1.29 is 14.3 Å². The zero-order valence-electron chi connectivity index (χ0n) is 16.0. The summed E-state index contributed by atoms with van der Waals surface area (Å²) in [7, 11) is 0. The highest BCUT2D eigenvalue weighted by molar-refractivity contribution is 5.94. The molecular formula is C20H25N3O4. The van der Waals surface area contributed by atoms with Gasteiger partial charge in [-0.15, -0.1) is 0 Å². The number of rotatable bonds is 4. The van der Waals surface area contributed by atoms with Crippen LogP contribution in [0.3, 0.4) is 0 Å². The molecule has 1 aromatic carbocycles. The first-order chi connectivity index (χ1) is 12.9. The van der Waals surface area contributed by atoms with Gasteiger partial charge in [-0.3, -0.25) is 9.59 Å². The number of carbonyl (C=O) groups excluding carboxylic acids is 2. The zero-order chi connectivity index (χ0) is 19.6. The van der Waals surface area contributed by atoms with Gasteiger partial charge in [0.05, 0.1) is 16.6 Å². The van der Waals surface area contributed by atoms with E-state index in [0.29, 0.717) is 35.4 Å². The first-order valence-corrected chi connectivity index (χ1v) is 9.40. The fraction of sp³-hybridized carbons (Fsp3) is 0.500. The number of nitrogens with zero attached hydrogens (tertiary/aromatic N) is 3. The number of hydrogen-bond donors (Lipinski definition) is 0. The Morgan fingerprint density at radius 1 is 1.30 bits per heavy atom. The quantitative estimate of drug-likeness (QED) is 0.770. The minimum Gasteiger partial charge on any atom is -0.452 e. The molecule has 2 aromatic rings. The molecule has 27 heavy (non-hydrogen) atoms. The standard InChI is InChI=1S/C20H25N3O4/c1-4-22-17-9-8-15(11-16(17)21-14(3)19(22)25)20(26)27-12-18(24)23-10-6-5-7-13(23)2/h8-9,11,13H,4-7,10,12H2,1-3H3. The van der Waals surface area contributed by atoms with Crippen molar-refractivity contribution in [2.45, 2.75) is 52.6 Å². The second-order valence-electron chi connectivity index (χ2n) is 6.96. The molecule has 0 aliphatic carbocycles. The van der Waals surface area contributed by atoms with E-state index in [1.807, 2.05) is 13.8 Å². The molecule has 3 rings (SSSR count). The lowest BCUT2D eigenvalue weighted by Gasteiger charge is -2.33. The molecule has 0 N–H and O–H groups in total. The number of hydrogen-bond acceptors (Lipinski definition) is 5. The number of fused-ring (bicyclic) bond motifs is 1. The Kier molecular flexibility index (Phi) is 5.58.